The van der Waals surface area contributed by atoms with Gasteiger partial charge in [0.1, 0.15) is 23.1 Å². The van der Waals surface area contributed by atoms with E-state index in [-0.39, 0.29) is 28.6 Å². The number of carbonyl (C=O) groups excluding carboxylic acids is 1. The maximum atomic E-state index is 14.8. The van der Waals surface area contributed by atoms with E-state index in [1.807, 2.05) is 37.4 Å². The number of nitro benzene ring substituents is 1. The minimum absolute atomic E-state index is 0.120. The average molecular weight is 1090 g/mol. The lowest BCUT2D eigenvalue weighted by Crippen LogP contribution is -2.60. The maximum Gasteiger partial charge on any atom is 0.293 e. The van der Waals surface area contributed by atoms with Crippen LogP contribution in [0.15, 0.2) is 83.9 Å². The Hall–Kier alpha value is -5.83. The van der Waals surface area contributed by atoms with E-state index in [2.05, 4.69) is 72.7 Å². The molecule has 4 N–H and O–H groups in total. The van der Waals surface area contributed by atoms with E-state index in [0.29, 0.717) is 86.0 Å². The maximum absolute atomic E-state index is 14.8. The topological polar surface area (TPSA) is 208 Å². The molecule has 2 aliphatic carbocycles. The zero-order valence-corrected chi connectivity index (χ0v) is 46.0. The molecule has 19 heteroatoms. The highest BCUT2D eigenvalue weighted by molar-refractivity contribution is 7.90. The normalized spacial score (nSPS) is 27.0. The van der Waals surface area contributed by atoms with Gasteiger partial charge in [0.25, 0.3) is 21.6 Å². The van der Waals surface area contributed by atoms with Gasteiger partial charge in [-0.25, -0.2) is 13.1 Å². The highest BCUT2D eigenvalue weighted by atomic mass is 32.2. The zero-order chi connectivity index (χ0) is 53.9. The summed E-state index contributed by atoms with van der Waals surface area (Å²) in [7, 11) is -4.63. The number of piperidine rings is 2. The summed E-state index contributed by atoms with van der Waals surface area (Å²) >= 11 is 0. The number of nitro groups is 1. The van der Waals surface area contributed by atoms with Crippen molar-refractivity contribution in [1.29, 1.82) is 0 Å². The van der Waals surface area contributed by atoms with Crippen LogP contribution in [-0.2, 0) is 19.5 Å². The standard InChI is InChI=1S/C59H75N9O9S/c1-38(2)45-6-4-5-7-46(45)49-13-9-42(65-25-28-75-29-26-65)36-66(49)43-33-59(34-43)20-23-64(24-21-59)41-8-11-47(51(31-41)67-50-17-27-76-37-54(50)77-57-53(67)30-40-16-22-60-55(40)62-57)56(69)63-78(73,74)44-10-12-48(52(32-44)68(71)72)61-35-39-14-18-58(3,70)19-15-39/h4-8,10-12,16,22,30-32,38-39,42-43,49-50,54,61,70H,9,13-15,17-21,23-29,33-37H2,1-3H3,(H,60,62)(H,63,69)/t39?,42-,49-,50-,54-,58?/m0/s1. The summed E-state index contributed by atoms with van der Waals surface area (Å²) in [6, 6.07) is 23.5. The predicted molar refractivity (Wildman–Crippen MR) is 299 cm³/mol. The first-order valence-corrected chi connectivity index (χ1v) is 30.0. The molecule has 6 fully saturated rings. The number of anilines is 4. The Morgan fingerprint density at radius 3 is 2.45 bits per heavy atom. The number of nitrogens with one attached hydrogen (secondary N) is 3. The van der Waals surface area contributed by atoms with Crippen molar-refractivity contribution in [3.8, 4) is 5.88 Å². The van der Waals surface area contributed by atoms with E-state index in [9.17, 15) is 28.4 Å². The molecular formula is C59H75N9O9S. The van der Waals surface area contributed by atoms with E-state index in [1.165, 1.54) is 42.5 Å². The first-order chi connectivity index (χ1) is 37.6. The number of hydrogen-bond donors (Lipinski definition) is 4. The van der Waals surface area contributed by atoms with Crippen LogP contribution in [0.1, 0.15) is 125 Å². The number of H-pyrrole nitrogens is 1. The van der Waals surface area contributed by atoms with Crippen molar-refractivity contribution >= 4 is 55.4 Å². The minimum atomic E-state index is -4.63. The number of benzene rings is 3. The number of hydrogen-bond acceptors (Lipinski definition) is 15. The van der Waals surface area contributed by atoms with Crippen molar-refractivity contribution in [3.05, 3.63) is 106 Å². The van der Waals surface area contributed by atoms with E-state index in [1.54, 1.807) is 6.07 Å². The van der Waals surface area contributed by atoms with Gasteiger partial charge in [-0.15, -0.1) is 0 Å². The third-order valence-electron chi connectivity index (χ3n) is 18.7. The number of aromatic amines is 1. The summed E-state index contributed by atoms with van der Waals surface area (Å²) in [5.74, 6) is 0.147. The van der Waals surface area contributed by atoms with Crippen LogP contribution in [0, 0.1) is 21.4 Å². The van der Waals surface area contributed by atoms with E-state index in [0.717, 1.165) is 95.2 Å². The van der Waals surface area contributed by atoms with Crippen LogP contribution >= 0.6 is 0 Å². The highest BCUT2D eigenvalue weighted by Gasteiger charge is 2.51. The summed E-state index contributed by atoms with van der Waals surface area (Å²) in [6.45, 7) is 14.0. The number of aromatic nitrogens is 2. The Morgan fingerprint density at radius 2 is 1.68 bits per heavy atom. The Balaban J connectivity index is 0.813. The quantitative estimate of drug-likeness (QED) is 0.0641. The van der Waals surface area contributed by atoms with E-state index >= 15 is 0 Å². The largest absolute Gasteiger partial charge is 0.468 e. The van der Waals surface area contributed by atoms with Crippen LogP contribution in [-0.4, -0.2) is 140 Å². The molecule has 12 rings (SSSR count). The number of sulfonamides is 1. The number of ether oxygens (including phenoxy) is 3. The van der Waals surface area contributed by atoms with Crippen LogP contribution in [0.25, 0.3) is 11.0 Å². The van der Waals surface area contributed by atoms with Gasteiger partial charge < -0.3 is 39.4 Å². The fourth-order valence-electron chi connectivity index (χ4n) is 14.2. The molecule has 1 amide bonds. The molecule has 78 heavy (non-hydrogen) atoms. The molecule has 7 aliphatic rings. The van der Waals surface area contributed by atoms with Gasteiger partial charge >= 0.3 is 0 Å². The predicted octanol–water partition coefficient (Wildman–Crippen LogP) is 9.04. The smallest absolute Gasteiger partial charge is 0.293 e. The van der Waals surface area contributed by atoms with Crippen molar-refractivity contribution in [2.24, 2.45) is 11.3 Å². The van der Waals surface area contributed by atoms with Gasteiger partial charge in [-0.1, -0.05) is 38.1 Å². The third kappa shape index (κ3) is 10.5. The SMILES string of the molecule is CC(C)c1ccccc1[C@@H]1CC[C@H](N2CCOCC2)CN1C1CC2(CCN(c3ccc(C(=O)NS(=O)(=O)c4ccc(NCC5CCC(C)(O)CC5)c([N+](=O)[O-])c4)c(N4c5cc6cc[nH]c6nc5O[C@H]5COCC[C@@H]54)c3)CC2)C1. The van der Waals surface area contributed by atoms with Crippen molar-refractivity contribution in [3.63, 3.8) is 0 Å². The van der Waals surface area contributed by atoms with Crippen molar-refractivity contribution < 1.29 is 37.5 Å². The van der Waals surface area contributed by atoms with E-state index < -0.39 is 43.1 Å². The second kappa shape index (κ2) is 21.3. The molecule has 18 nitrogen and oxygen atoms in total. The molecule has 7 heterocycles. The van der Waals surface area contributed by atoms with Crippen molar-refractivity contribution in [2.45, 2.75) is 138 Å². The van der Waals surface area contributed by atoms with Gasteiger partial charge in [0, 0.05) is 87.3 Å². The molecular weight excluding hydrogens is 1010 g/mol. The lowest BCUT2D eigenvalue weighted by Gasteiger charge is -2.59. The third-order valence-corrected chi connectivity index (χ3v) is 20.0. The Kier molecular flexibility index (Phi) is 14.5. The Morgan fingerprint density at radius 1 is 0.897 bits per heavy atom. The number of nitrogens with zero attached hydrogens (tertiary/aromatic N) is 6. The van der Waals surface area contributed by atoms with Crippen LogP contribution < -0.4 is 24.6 Å². The first-order valence-electron chi connectivity index (χ1n) is 28.5. The molecule has 0 radical (unpaired) electrons. The van der Waals surface area contributed by atoms with Crippen LogP contribution in [0.4, 0.5) is 28.4 Å². The molecule has 5 aliphatic heterocycles. The van der Waals surface area contributed by atoms with Crippen LogP contribution in [0.5, 0.6) is 5.88 Å². The number of likely N-dealkylation sites (tertiary alicyclic amines) is 1. The lowest BCUT2D eigenvalue weighted by atomic mass is 9.59. The molecule has 416 valence electrons. The molecule has 5 aromatic rings. The fraction of sp³-hybridized carbons (Fsp3) is 0.559. The monoisotopic (exact) mass is 1090 g/mol. The number of rotatable bonds is 13. The first kappa shape index (κ1) is 52.8. The number of amides is 1. The average Bonchev–Trinajstić information content (AvgIpc) is 4.02. The van der Waals surface area contributed by atoms with Crippen LogP contribution in [0.2, 0.25) is 0 Å². The zero-order valence-electron chi connectivity index (χ0n) is 45.2. The summed E-state index contributed by atoms with van der Waals surface area (Å²) in [5.41, 5.74) is 5.08. The molecule has 2 aromatic heterocycles. The van der Waals surface area contributed by atoms with E-state index in [4.69, 9.17) is 19.2 Å². The van der Waals surface area contributed by atoms with Crippen molar-refractivity contribution in [1.82, 2.24) is 24.5 Å². The minimum Gasteiger partial charge on any atom is -0.468 e. The van der Waals surface area contributed by atoms with Gasteiger partial charge in [0.05, 0.1) is 52.5 Å². The van der Waals surface area contributed by atoms with Gasteiger partial charge in [0.15, 0.2) is 0 Å². The summed E-state index contributed by atoms with van der Waals surface area (Å²) in [5, 5.41) is 26.9. The van der Waals surface area contributed by atoms with Gasteiger partial charge in [-0.2, -0.15) is 4.98 Å². The lowest BCUT2D eigenvalue weighted by molar-refractivity contribution is -0.384. The second-order valence-electron chi connectivity index (χ2n) is 24.0. The number of carbonyl (C=O) groups is 1. The van der Waals surface area contributed by atoms with Gasteiger partial charge in [0.2, 0.25) is 5.88 Å². The second-order valence-corrected chi connectivity index (χ2v) is 25.7. The molecule has 4 atom stereocenters. The Labute approximate surface area is 457 Å². The van der Waals surface area contributed by atoms with Crippen molar-refractivity contribution in [2.75, 3.05) is 80.8 Å². The number of morpholine rings is 1. The molecule has 2 saturated carbocycles. The summed E-state index contributed by atoms with van der Waals surface area (Å²) < 4.78 is 49.1. The number of pyridine rings is 1. The number of fused-ring (bicyclic) bond motifs is 3. The Bertz CT molecular complexity index is 3140. The molecule has 0 unspecified atom stereocenters. The molecule has 4 saturated heterocycles. The van der Waals surface area contributed by atoms with Gasteiger partial charge in [-0.05, 0) is 148 Å². The summed E-state index contributed by atoms with van der Waals surface area (Å²) in [4.78, 5) is 44.3. The molecule has 3 aromatic carbocycles. The van der Waals surface area contributed by atoms with Gasteiger partial charge in [-0.3, -0.25) is 24.7 Å². The number of aliphatic hydroxyl groups is 1. The molecule has 0 bridgehead atoms. The fourth-order valence-corrected chi connectivity index (χ4v) is 15.1. The summed E-state index contributed by atoms with van der Waals surface area (Å²) in [6.07, 6.45) is 11.5. The highest BCUT2D eigenvalue weighted by Crippen LogP contribution is 2.55. The molecule has 1 spiro atoms. The van der Waals surface area contributed by atoms with Crippen LogP contribution in [0.3, 0.4) is 0 Å².